The first kappa shape index (κ1) is 20.1. The molecular weight excluding hydrogens is 372 g/mol. The summed E-state index contributed by atoms with van der Waals surface area (Å²) >= 11 is 0. The van der Waals surface area contributed by atoms with Crippen molar-refractivity contribution in [3.05, 3.63) is 95.3 Å². The molecule has 3 aromatic rings. The molecule has 1 aliphatic heterocycles. The molecule has 0 radical (unpaired) electrons. The van der Waals surface area contributed by atoms with Crippen molar-refractivity contribution in [2.75, 3.05) is 20.2 Å². The van der Waals surface area contributed by atoms with Crippen LogP contribution in [0.2, 0.25) is 0 Å². The highest BCUT2D eigenvalue weighted by Crippen LogP contribution is 2.26. The summed E-state index contributed by atoms with van der Waals surface area (Å²) < 4.78 is 5.20. The van der Waals surface area contributed by atoms with Gasteiger partial charge in [0.1, 0.15) is 5.75 Å². The van der Waals surface area contributed by atoms with Gasteiger partial charge in [0, 0.05) is 36.8 Å². The van der Waals surface area contributed by atoms with E-state index in [-0.39, 0.29) is 5.91 Å². The van der Waals surface area contributed by atoms with Crippen molar-refractivity contribution >= 4 is 5.91 Å². The van der Waals surface area contributed by atoms with E-state index >= 15 is 0 Å². The van der Waals surface area contributed by atoms with Crippen LogP contribution in [0, 0.1) is 0 Å². The Bertz CT molecular complexity index is 970. The van der Waals surface area contributed by atoms with Crippen LogP contribution in [0.3, 0.4) is 0 Å². The molecular formula is C26H28N2O2. The van der Waals surface area contributed by atoms with E-state index in [2.05, 4.69) is 42.5 Å². The fourth-order valence-electron chi connectivity index (χ4n) is 4.10. The molecule has 2 heterocycles. The second kappa shape index (κ2) is 9.57. The Balaban J connectivity index is 1.40. The molecule has 4 rings (SSSR count). The van der Waals surface area contributed by atoms with Crippen molar-refractivity contribution in [2.45, 2.75) is 31.6 Å². The molecule has 0 spiro atoms. The molecule has 1 aromatic heterocycles. The number of benzene rings is 2. The summed E-state index contributed by atoms with van der Waals surface area (Å²) in [7, 11) is 1.65. The Morgan fingerprint density at radius 3 is 2.57 bits per heavy atom. The van der Waals surface area contributed by atoms with E-state index in [0.717, 1.165) is 55.1 Å². The van der Waals surface area contributed by atoms with Gasteiger partial charge in [0.05, 0.1) is 13.5 Å². The predicted octanol–water partition coefficient (Wildman–Crippen LogP) is 4.63. The number of methoxy groups -OCH3 is 1. The summed E-state index contributed by atoms with van der Waals surface area (Å²) in [4.78, 5) is 19.8. The lowest BCUT2D eigenvalue weighted by molar-refractivity contribution is -0.131. The van der Waals surface area contributed by atoms with Crippen molar-refractivity contribution in [1.29, 1.82) is 0 Å². The lowest BCUT2D eigenvalue weighted by Gasteiger charge is -2.32. The number of nitrogens with zero attached hydrogens (tertiary/aromatic N) is 2. The van der Waals surface area contributed by atoms with E-state index in [1.165, 1.54) is 5.56 Å². The summed E-state index contributed by atoms with van der Waals surface area (Å²) in [6.07, 6.45) is 3.36. The van der Waals surface area contributed by atoms with Crippen LogP contribution in [0.4, 0.5) is 0 Å². The van der Waals surface area contributed by atoms with Crippen molar-refractivity contribution in [2.24, 2.45) is 0 Å². The van der Waals surface area contributed by atoms with Gasteiger partial charge < -0.3 is 9.64 Å². The largest absolute Gasteiger partial charge is 0.497 e. The van der Waals surface area contributed by atoms with E-state index in [9.17, 15) is 4.79 Å². The van der Waals surface area contributed by atoms with Gasteiger partial charge >= 0.3 is 0 Å². The van der Waals surface area contributed by atoms with Gasteiger partial charge in [-0.3, -0.25) is 9.78 Å². The van der Waals surface area contributed by atoms with Crippen LogP contribution >= 0.6 is 0 Å². The maximum atomic E-state index is 12.9. The van der Waals surface area contributed by atoms with Crippen LogP contribution in [0.25, 0.3) is 0 Å². The molecule has 1 saturated heterocycles. The van der Waals surface area contributed by atoms with Gasteiger partial charge in [-0.05, 0) is 48.2 Å². The van der Waals surface area contributed by atoms with Gasteiger partial charge in [-0.15, -0.1) is 0 Å². The molecule has 0 bridgehead atoms. The molecule has 154 valence electrons. The number of hydrogen-bond donors (Lipinski definition) is 0. The fourth-order valence-corrected chi connectivity index (χ4v) is 4.10. The molecule has 1 amide bonds. The molecule has 4 heteroatoms. The third-order valence-corrected chi connectivity index (χ3v) is 5.76. The van der Waals surface area contributed by atoms with E-state index in [0.29, 0.717) is 12.3 Å². The first-order valence-corrected chi connectivity index (χ1v) is 10.6. The number of aromatic nitrogens is 1. The number of piperidine rings is 1. The van der Waals surface area contributed by atoms with Crippen LogP contribution in [-0.2, 0) is 17.6 Å². The minimum absolute atomic E-state index is 0.185. The van der Waals surface area contributed by atoms with Gasteiger partial charge in [0.25, 0.3) is 0 Å². The average molecular weight is 401 g/mol. The number of ether oxygens (including phenoxy) is 1. The minimum Gasteiger partial charge on any atom is -0.497 e. The van der Waals surface area contributed by atoms with Crippen LogP contribution in [0.5, 0.6) is 5.75 Å². The zero-order chi connectivity index (χ0) is 20.8. The van der Waals surface area contributed by atoms with Crippen LogP contribution < -0.4 is 4.74 Å². The van der Waals surface area contributed by atoms with Crippen LogP contribution in [0.15, 0.2) is 72.8 Å². The van der Waals surface area contributed by atoms with E-state index in [1.54, 1.807) is 7.11 Å². The Morgan fingerprint density at radius 2 is 1.80 bits per heavy atom. The molecule has 1 fully saturated rings. The Morgan fingerprint density at radius 1 is 1.00 bits per heavy atom. The van der Waals surface area contributed by atoms with Gasteiger partial charge in [-0.1, -0.05) is 48.5 Å². The molecule has 0 N–H and O–H groups in total. The smallest absolute Gasteiger partial charge is 0.227 e. The third-order valence-electron chi connectivity index (χ3n) is 5.76. The molecule has 4 nitrogen and oxygen atoms in total. The van der Waals surface area contributed by atoms with Gasteiger partial charge in [-0.2, -0.15) is 0 Å². The molecule has 0 unspecified atom stereocenters. The quantitative estimate of drug-likeness (QED) is 0.606. The highest BCUT2D eigenvalue weighted by Gasteiger charge is 2.25. The topological polar surface area (TPSA) is 42.4 Å². The standard InChI is InChI=1S/C26H28N2O2/c1-30-24-14-12-21(13-15-24)18-26(29)28-16-6-9-22(19-28)25-11-5-10-23(27-25)17-20-7-3-2-4-8-20/h2-5,7-8,10-15,22H,6,9,16-19H2,1H3/t22-/m1/s1. The fraction of sp³-hybridized carbons (Fsp3) is 0.308. The number of carbonyl (C=O) groups is 1. The highest BCUT2D eigenvalue weighted by molar-refractivity contribution is 5.79. The first-order chi connectivity index (χ1) is 14.7. The molecule has 1 atom stereocenters. The number of likely N-dealkylation sites (tertiary alicyclic amines) is 1. The SMILES string of the molecule is COc1ccc(CC(=O)N2CCC[C@@H](c3cccc(Cc4ccccc4)n3)C2)cc1. The Hall–Kier alpha value is -3.14. The monoisotopic (exact) mass is 400 g/mol. The van der Waals surface area contributed by atoms with E-state index in [4.69, 9.17) is 9.72 Å². The third kappa shape index (κ3) is 5.07. The second-order valence-electron chi connectivity index (χ2n) is 7.92. The minimum atomic E-state index is 0.185. The number of hydrogen-bond acceptors (Lipinski definition) is 3. The number of carbonyl (C=O) groups excluding carboxylic acids is 1. The first-order valence-electron chi connectivity index (χ1n) is 10.6. The summed E-state index contributed by atoms with van der Waals surface area (Å²) in [5.41, 5.74) is 4.47. The van der Waals surface area contributed by atoms with Crippen LogP contribution in [0.1, 0.15) is 41.3 Å². The van der Waals surface area contributed by atoms with E-state index in [1.807, 2.05) is 35.2 Å². The van der Waals surface area contributed by atoms with Gasteiger partial charge in [0.15, 0.2) is 0 Å². The zero-order valence-electron chi connectivity index (χ0n) is 17.5. The molecule has 1 aliphatic rings. The summed E-state index contributed by atoms with van der Waals surface area (Å²) in [6, 6.07) is 24.5. The van der Waals surface area contributed by atoms with Crippen LogP contribution in [-0.4, -0.2) is 36.0 Å². The lowest BCUT2D eigenvalue weighted by atomic mass is 9.93. The number of amides is 1. The highest BCUT2D eigenvalue weighted by atomic mass is 16.5. The zero-order valence-corrected chi connectivity index (χ0v) is 17.5. The number of rotatable bonds is 6. The van der Waals surface area contributed by atoms with Gasteiger partial charge in [-0.25, -0.2) is 0 Å². The Kier molecular flexibility index (Phi) is 6.43. The summed E-state index contributed by atoms with van der Waals surface area (Å²) in [5, 5.41) is 0. The maximum absolute atomic E-state index is 12.9. The predicted molar refractivity (Wildman–Crippen MR) is 119 cm³/mol. The average Bonchev–Trinajstić information content (AvgIpc) is 2.80. The van der Waals surface area contributed by atoms with Crippen molar-refractivity contribution in [3.63, 3.8) is 0 Å². The van der Waals surface area contributed by atoms with Crippen molar-refractivity contribution in [3.8, 4) is 5.75 Å². The Labute approximate surface area is 178 Å². The summed E-state index contributed by atoms with van der Waals surface area (Å²) in [5.74, 6) is 1.30. The molecule has 30 heavy (non-hydrogen) atoms. The van der Waals surface area contributed by atoms with E-state index < -0.39 is 0 Å². The second-order valence-corrected chi connectivity index (χ2v) is 7.92. The van der Waals surface area contributed by atoms with Crippen molar-refractivity contribution in [1.82, 2.24) is 9.88 Å². The number of pyridine rings is 1. The molecule has 0 saturated carbocycles. The van der Waals surface area contributed by atoms with Crippen molar-refractivity contribution < 1.29 is 9.53 Å². The summed E-state index contributed by atoms with van der Waals surface area (Å²) in [6.45, 7) is 1.58. The van der Waals surface area contributed by atoms with Gasteiger partial charge in [0.2, 0.25) is 5.91 Å². The normalized spacial score (nSPS) is 16.3. The maximum Gasteiger partial charge on any atom is 0.227 e. The lowest BCUT2D eigenvalue weighted by Crippen LogP contribution is -2.40. The molecule has 2 aromatic carbocycles. The molecule has 0 aliphatic carbocycles.